The Kier molecular flexibility index (Phi) is 4.21. The van der Waals surface area contributed by atoms with Crippen molar-refractivity contribution in [3.8, 4) is 5.69 Å². The molecule has 0 amide bonds. The highest BCUT2D eigenvalue weighted by Gasteiger charge is 2.19. The first-order valence-corrected chi connectivity index (χ1v) is 9.33. The van der Waals surface area contributed by atoms with Crippen molar-refractivity contribution < 1.29 is 8.42 Å². The lowest BCUT2D eigenvalue weighted by Crippen LogP contribution is -2.26. The van der Waals surface area contributed by atoms with E-state index in [1.807, 2.05) is 6.07 Å². The summed E-state index contributed by atoms with van der Waals surface area (Å²) < 4.78 is 25.6. The number of fused-ring (bicyclic) bond motifs is 1. The zero-order valence-corrected chi connectivity index (χ0v) is 14.0. The Hall–Kier alpha value is -2.51. The molecule has 0 aliphatic heterocycles. The highest BCUT2D eigenvalue weighted by atomic mass is 32.2. The van der Waals surface area contributed by atoms with Crippen LogP contribution in [0.15, 0.2) is 58.2 Å². The normalized spacial score (nSPS) is 11.8. The number of benzene rings is 2. The summed E-state index contributed by atoms with van der Waals surface area (Å²) in [5.74, 6) is 0.506. The van der Waals surface area contributed by atoms with Gasteiger partial charge in [-0.05, 0) is 30.8 Å². The Bertz CT molecular complexity index is 1060. The van der Waals surface area contributed by atoms with Crippen molar-refractivity contribution in [3.63, 3.8) is 0 Å². The van der Waals surface area contributed by atoms with E-state index in [-0.39, 0.29) is 10.3 Å². The summed E-state index contributed by atoms with van der Waals surface area (Å²) >= 11 is 0. The molecule has 0 atom stereocenters. The molecule has 24 heavy (non-hydrogen) atoms. The number of sulfone groups is 1. The highest BCUT2D eigenvalue weighted by Crippen LogP contribution is 2.20. The van der Waals surface area contributed by atoms with Crippen LogP contribution >= 0.6 is 0 Å². The molecule has 0 spiro atoms. The molecule has 0 bridgehead atoms. The second kappa shape index (κ2) is 6.18. The average molecular weight is 343 g/mol. The minimum Gasteiger partial charge on any atom is -0.330 e. The van der Waals surface area contributed by atoms with E-state index in [2.05, 4.69) is 4.98 Å². The number of aromatic nitrogens is 2. The summed E-state index contributed by atoms with van der Waals surface area (Å²) in [5.41, 5.74) is 6.23. The van der Waals surface area contributed by atoms with Gasteiger partial charge in [0.15, 0.2) is 9.84 Å². The second-order valence-electron chi connectivity index (χ2n) is 5.47. The lowest BCUT2D eigenvalue weighted by Gasteiger charge is -2.14. The van der Waals surface area contributed by atoms with Gasteiger partial charge in [-0.1, -0.05) is 24.3 Å². The van der Waals surface area contributed by atoms with Crippen molar-refractivity contribution >= 4 is 20.7 Å². The third-order valence-electron chi connectivity index (χ3n) is 3.71. The topological polar surface area (TPSA) is 95.0 Å². The van der Waals surface area contributed by atoms with Gasteiger partial charge >= 0.3 is 0 Å². The maximum Gasteiger partial charge on any atom is 0.267 e. The van der Waals surface area contributed by atoms with Gasteiger partial charge < -0.3 is 5.73 Å². The Balaban J connectivity index is 2.48. The largest absolute Gasteiger partial charge is 0.330 e. The van der Waals surface area contributed by atoms with E-state index in [0.29, 0.717) is 30.0 Å². The molecule has 124 valence electrons. The SMILES string of the molecule is CS(=O)(=O)c1cccc2nc(CCN)n(-c3ccccc3)c(=O)c12. The van der Waals surface area contributed by atoms with E-state index in [0.717, 1.165) is 6.26 Å². The van der Waals surface area contributed by atoms with Crippen LogP contribution in [-0.4, -0.2) is 30.8 Å². The van der Waals surface area contributed by atoms with Crippen LogP contribution in [0, 0.1) is 0 Å². The third kappa shape index (κ3) is 2.83. The van der Waals surface area contributed by atoms with Gasteiger partial charge in [0.2, 0.25) is 0 Å². The minimum atomic E-state index is -3.55. The van der Waals surface area contributed by atoms with E-state index >= 15 is 0 Å². The Morgan fingerprint density at radius 2 is 1.79 bits per heavy atom. The average Bonchev–Trinajstić information content (AvgIpc) is 2.55. The van der Waals surface area contributed by atoms with E-state index in [9.17, 15) is 13.2 Å². The van der Waals surface area contributed by atoms with Crippen LogP contribution in [0.1, 0.15) is 5.82 Å². The first kappa shape index (κ1) is 16.4. The van der Waals surface area contributed by atoms with Crippen molar-refractivity contribution in [1.29, 1.82) is 0 Å². The molecule has 2 N–H and O–H groups in total. The van der Waals surface area contributed by atoms with Crippen LogP contribution < -0.4 is 11.3 Å². The lowest BCUT2D eigenvalue weighted by molar-refractivity contribution is 0.602. The fourth-order valence-corrected chi connectivity index (χ4v) is 3.58. The monoisotopic (exact) mass is 343 g/mol. The van der Waals surface area contributed by atoms with Crippen LogP contribution in [-0.2, 0) is 16.3 Å². The number of rotatable bonds is 4. The first-order valence-electron chi connectivity index (χ1n) is 7.43. The molecule has 3 rings (SSSR count). The molecule has 7 heteroatoms. The Morgan fingerprint density at radius 3 is 2.42 bits per heavy atom. The molecular formula is C17H17N3O3S. The van der Waals surface area contributed by atoms with Gasteiger partial charge in [-0.25, -0.2) is 13.4 Å². The summed E-state index contributed by atoms with van der Waals surface area (Å²) in [5, 5.41) is 0.102. The van der Waals surface area contributed by atoms with Gasteiger partial charge in [0.1, 0.15) is 5.82 Å². The smallest absolute Gasteiger partial charge is 0.267 e. The molecule has 1 aromatic heterocycles. The molecule has 3 aromatic rings. The predicted molar refractivity (Wildman–Crippen MR) is 93.2 cm³/mol. The molecule has 0 aliphatic rings. The predicted octanol–water partition coefficient (Wildman–Crippen LogP) is 1.29. The lowest BCUT2D eigenvalue weighted by atomic mass is 10.2. The van der Waals surface area contributed by atoms with Gasteiger partial charge in [0.25, 0.3) is 5.56 Å². The molecule has 0 saturated carbocycles. The zero-order valence-electron chi connectivity index (χ0n) is 13.1. The number of hydrogen-bond acceptors (Lipinski definition) is 5. The molecule has 0 saturated heterocycles. The number of nitrogens with zero attached hydrogens (tertiary/aromatic N) is 2. The van der Waals surface area contributed by atoms with Crippen LogP contribution in [0.5, 0.6) is 0 Å². The van der Waals surface area contributed by atoms with Crippen LogP contribution in [0.3, 0.4) is 0 Å². The van der Waals surface area contributed by atoms with Crippen molar-refractivity contribution in [2.75, 3.05) is 12.8 Å². The van der Waals surface area contributed by atoms with Crippen molar-refractivity contribution in [1.82, 2.24) is 9.55 Å². The molecule has 0 fully saturated rings. The maximum atomic E-state index is 13.1. The van der Waals surface area contributed by atoms with Gasteiger partial charge in [-0.2, -0.15) is 0 Å². The van der Waals surface area contributed by atoms with Gasteiger partial charge in [0.05, 0.1) is 21.5 Å². The van der Waals surface area contributed by atoms with Crippen molar-refractivity contribution in [3.05, 3.63) is 64.7 Å². The van der Waals surface area contributed by atoms with Crippen LogP contribution in [0.25, 0.3) is 16.6 Å². The molecular weight excluding hydrogens is 326 g/mol. The van der Waals surface area contributed by atoms with E-state index in [4.69, 9.17) is 5.73 Å². The summed E-state index contributed by atoms with van der Waals surface area (Å²) in [7, 11) is -3.55. The molecule has 6 nitrogen and oxygen atoms in total. The highest BCUT2D eigenvalue weighted by molar-refractivity contribution is 7.91. The summed E-state index contributed by atoms with van der Waals surface area (Å²) in [4.78, 5) is 17.6. The maximum absolute atomic E-state index is 13.1. The summed E-state index contributed by atoms with van der Waals surface area (Å²) in [6.07, 6.45) is 1.49. The Morgan fingerprint density at radius 1 is 1.08 bits per heavy atom. The standard InChI is InChI=1S/C17H17N3O3S/c1-24(22,23)14-9-5-8-13-16(14)17(21)20(15(19-13)10-11-18)12-6-3-2-4-7-12/h2-9H,10-11,18H2,1H3. The quantitative estimate of drug-likeness (QED) is 0.770. The number of hydrogen-bond donors (Lipinski definition) is 1. The first-order chi connectivity index (χ1) is 11.4. The molecule has 0 radical (unpaired) electrons. The van der Waals surface area contributed by atoms with E-state index in [1.54, 1.807) is 36.4 Å². The number of para-hydroxylation sites is 1. The molecule has 2 aromatic carbocycles. The minimum absolute atomic E-state index is 0.0125. The van der Waals surface area contributed by atoms with E-state index < -0.39 is 15.4 Å². The summed E-state index contributed by atoms with van der Waals surface area (Å²) in [6.45, 7) is 0.330. The van der Waals surface area contributed by atoms with Gasteiger partial charge in [-0.3, -0.25) is 9.36 Å². The van der Waals surface area contributed by atoms with Crippen molar-refractivity contribution in [2.45, 2.75) is 11.3 Å². The fourth-order valence-electron chi connectivity index (χ4n) is 2.69. The van der Waals surface area contributed by atoms with Crippen LogP contribution in [0.4, 0.5) is 0 Å². The molecule has 0 aliphatic carbocycles. The zero-order chi connectivity index (χ0) is 17.3. The van der Waals surface area contributed by atoms with Crippen molar-refractivity contribution in [2.24, 2.45) is 5.73 Å². The Labute approximate surface area is 139 Å². The molecule has 0 unspecified atom stereocenters. The summed E-state index contributed by atoms with van der Waals surface area (Å²) in [6, 6.07) is 13.7. The fraction of sp³-hybridized carbons (Fsp3) is 0.176. The number of nitrogens with two attached hydrogens (primary N) is 1. The van der Waals surface area contributed by atoms with Crippen LogP contribution in [0.2, 0.25) is 0 Å². The molecule has 1 heterocycles. The second-order valence-corrected chi connectivity index (χ2v) is 7.45. The van der Waals surface area contributed by atoms with E-state index in [1.165, 1.54) is 10.6 Å². The van der Waals surface area contributed by atoms with Gasteiger partial charge in [-0.15, -0.1) is 0 Å². The van der Waals surface area contributed by atoms with Gasteiger partial charge in [0, 0.05) is 12.7 Å². The third-order valence-corrected chi connectivity index (χ3v) is 4.85.